The smallest absolute Gasteiger partial charge is 0.315 e. The minimum Gasteiger partial charge on any atom is -0.357 e. The van der Waals surface area contributed by atoms with Gasteiger partial charge in [-0.25, -0.2) is 14.8 Å². The summed E-state index contributed by atoms with van der Waals surface area (Å²) < 4.78 is 1.94. The van der Waals surface area contributed by atoms with Gasteiger partial charge in [0.1, 0.15) is 5.82 Å². The first kappa shape index (κ1) is 17.3. The highest BCUT2D eigenvalue weighted by molar-refractivity contribution is 5.74. The van der Waals surface area contributed by atoms with Gasteiger partial charge in [0, 0.05) is 50.8 Å². The molecule has 0 spiro atoms. The molecule has 2 amide bonds. The summed E-state index contributed by atoms with van der Waals surface area (Å²) in [5.74, 6) is 1.01. The van der Waals surface area contributed by atoms with E-state index in [1.54, 1.807) is 12.5 Å². The van der Waals surface area contributed by atoms with E-state index in [0.717, 1.165) is 24.5 Å². The van der Waals surface area contributed by atoms with Crippen LogP contribution in [0.5, 0.6) is 0 Å². The molecule has 3 heterocycles. The molecule has 1 unspecified atom stereocenters. The Balaban J connectivity index is 1.46. The number of carbonyl (C=O) groups excluding carboxylic acids is 1. The van der Waals surface area contributed by atoms with Gasteiger partial charge in [0.05, 0.1) is 6.33 Å². The van der Waals surface area contributed by atoms with Crippen molar-refractivity contribution in [1.29, 1.82) is 0 Å². The molecule has 1 aliphatic heterocycles. The maximum absolute atomic E-state index is 12.1. The van der Waals surface area contributed by atoms with Gasteiger partial charge in [-0.1, -0.05) is 0 Å². The van der Waals surface area contributed by atoms with Gasteiger partial charge in [0.15, 0.2) is 0 Å². The second kappa shape index (κ2) is 8.50. The lowest BCUT2D eigenvalue weighted by Crippen LogP contribution is -2.42. The normalized spacial score (nSPS) is 15.6. The molecule has 1 atom stereocenters. The number of aromatic nitrogens is 3. The fraction of sp³-hybridized carbons (Fsp3) is 0.500. The van der Waals surface area contributed by atoms with Gasteiger partial charge in [0.2, 0.25) is 0 Å². The SMILES string of the molecule is CC(Cn1ccnc1)NC(=O)NCc1ccnc(N2CCCCC2)c1. The van der Waals surface area contributed by atoms with Crippen molar-refractivity contribution in [2.45, 2.75) is 45.3 Å². The molecule has 0 radical (unpaired) electrons. The standard InChI is InChI=1S/C18H26N6O/c1-15(13-23-10-7-19-14-23)22-18(25)21-12-16-5-6-20-17(11-16)24-8-3-2-4-9-24/h5-7,10-11,14-15H,2-4,8-9,12-13H2,1H3,(H2,21,22,25). The van der Waals surface area contributed by atoms with Crippen LogP contribution in [-0.4, -0.2) is 39.7 Å². The van der Waals surface area contributed by atoms with Gasteiger partial charge in [-0.3, -0.25) is 0 Å². The van der Waals surface area contributed by atoms with Gasteiger partial charge in [-0.05, 0) is 43.9 Å². The average molecular weight is 342 g/mol. The Bertz CT molecular complexity index is 666. The third-order valence-electron chi connectivity index (χ3n) is 4.36. The van der Waals surface area contributed by atoms with E-state index in [4.69, 9.17) is 0 Å². The number of amides is 2. The van der Waals surface area contributed by atoms with E-state index in [9.17, 15) is 4.79 Å². The van der Waals surface area contributed by atoms with Crippen molar-refractivity contribution < 1.29 is 4.79 Å². The van der Waals surface area contributed by atoms with Crippen LogP contribution in [0.4, 0.5) is 10.6 Å². The molecule has 7 heteroatoms. The fourth-order valence-corrected chi connectivity index (χ4v) is 3.08. The molecule has 2 aromatic rings. The maximum Gasteiger partial charge on any atom is 0.315 e. The number of imidazole rings is 1. The van der Waals surface area contributed by atoms with Crippen molar-refractivity contribution in [2.75, 3.05) is 18.0 Å². The highest BCUT2D eigenvalue weighted by Crippen LogP contribution is 2.18. The predicted molar refractivity (Wildman–Crippen MR) is 97.4 cm³/mol. The molecule has 134 valence electrons. The zero-order chi connectivity index (χ0) is 17.5. The van der Waals surface area contributed by atoms with Crippen LogP contribution in [0.2, 0.25) is 0 Å². The molecule has 7 nitrogen and oxygen atoms in total. The molecular formula is C18H26N6O. The number of pyridine rings is 1. The molecule has 1 saturated heterocycles. The number of rotatable bonds is 6. The Hall–Kier alpha value is -2.57. The lowest BCUT2D eigenvalue weighted by molar-refractivity contribution is 0.236. The van der Waals surface area contributed by atoms with Crippen molar-refractivity contribution >= 4 is 11.8 Å². The number of anilines is 1. The molecule has 3 rings (SSSR count). The Morgan fingerprint density at radius 1 is 1.28 bits per heavy atom. The first-order valence-electron chi connectivity index (χ1n) is 8.91. The number of piperidine rings is 1. The van der Waals surface area contributed by atoms with Crippen LogP contribution in [0, 0.1) is 0 Å². The van der Waals surface area contributed by atoms with Gasteiger partial charge in [0.25, 0.3) is 0 Å². The molecule has 0 bridgehead atoms. The molecule has 0 saturated carbocycles. The summed E-state index contributed by atoms with van der Waals surface area (Å²) in [6.07, 6.45) is 10.9. The lowest BCUT2D eigenvalue weighted by Gasteiger charge is -2.28. The van der Waals surface area contributed by atoms with Gasteiger partial charge < -0.3 is 20.1 Å². The van der Waals surface area contributed by atoms with Crippen molar-refractivity contribution in [3.63, 3.8) is 0 Å². The lowest BCUT2D eigenvalue weighted by atomic mass is 10.1. The van der Waals surface area contributed by atoms with E-state index in [2.05, 4.69) is 31.6 Å². The number of urea groups is 1. The van der Waals surface area contributed by atoms with Crippen LogP contribution in [0.15, 0.2) is 37.1 Å². The van der Waals surface area contributed by atoms with Gasteiger partial charge >= 0.3 is 6.03 Å². The largest absolute Gasteiger partial charge is 0.357 e. The number of hydrogen-bond acceptors (Lipinski definition) is 4. The average Bonchev–Trinajstić information content (AvgIpc) is 3.14. The Kier molecular flexibility index (Phi) is 5.87. The van der Waals surface area contributed by atoms with E-state index in [0.29, 0.717) is 13.1 Å². The summed E-state index contributed by atoms with van der Waals surface area (Å²) >= 11 is 0. The summed E-state index contributed by atoms with van der Waals surface area (Å²) in [7, 11) is 0. The Morgan fingerprint density at radius 3 is 2.88 bits per heavy atom. The third-order valence-corrected chi connectivity index (χ3v) is 4.36. The molecule has 25 heavy (non-hydrogen) atoms. The van der Waals surface area contributed by atoms with Crippen LogP contribution in [0.3, 0.4) is 0 Å². The van der Waals surface area contributed by atoms with Crippen molar-refractivity contribution in [1.82, 2.24) is 25.2 Å². The molecule has 1 aliphatic rings. The highest BCUT2D eigenvalue weighted by atomic mass is 16.2. The van der Waals surface area contributed by atoms with Crippen LogP contribution in [0.1, 0.15) is 31.7 Å². The van der Waals surface area contributed by atoms with Crippen molar-refractivity contribution in [2.24, 2.45) is 0 Å². The quantitative estimate of drug-likeness (QED) is 0.843. The number of carbonyl (C=O) groups is 1. The summed E-state index contributed by atoms with van der Waals surface area (Å²) in [5.41, 5.74) is 1.06. The zero-order valence-electron chi connectivity index (χ0n) is 14.7. The molecule has 1 fully saturated rings. The molecule has 0 aliphatic carbocycles. The molecule has 2 aromatic heterocycles. The first-order chi connectivity index (χ1) is 12.2. The van der Waals surface area contributed by atoms with Gasteiger partial charge in [-0.15, -0.1) is 0 Å². The van der Waals surface area contributed by atoms with E-state index in [1.807, 2.05) is 30.0 Å². The molecule has 2 N–H and O–H groups in total. The van der Waals surface area contributed by atoms with Crippen molar-refractivity contribution in [3.8, 4) is 0 Å². The second-order valence-electron chi connectivity index (χ2n) is 6.56. The summed E-state index contributed by atoms with van der Waals surface area (Å²) in [5, 5.41) is 5.86. The Labute approximate surface area is 148 Å². The highest BCUT2D eigenvalue weighted by Gasteiger charge is 2.13. The molecule has 0 aromatic carbocycles. The maximum atomic E-state index is 12.1. The third kappa shape index (κ3) is 5.20. The minimum absolute atomic E-state index is 0.0237. The van der Waals surface area contributed by atoms with Crippen molar-refractivity contribution in [3.05, 3.63) is 42.6 Å². The summed E-state index contributed by atoms with van der Waals surface area (Å²) in [4.78, 5) is 22.9. The summed E-state index contributed by atoms with van der Waals surface area (Å²) in [6.45, 7) is 5.29. The predicted octanol–water partition coefficient (Wildman–Crippen LogP) is 2.16. The van der Waals surface area contributed by atoms with Crippen LogP contribution in [0.25, 0.3) is 0 Å². The van der Waals surface area contributed by atoms with E-state index in [-0.39, 0.29) is 12.1 Å². The Morgan fingerprint density at radius 2 is 2.12 bits per heavy atom. The second-order valence-corrected chi connectivity index (χ2v) is 6.56. The van der Waals surface area contributed by atoms with E-state index in [1.165, 1.54) is 19.3 Å². The number of hydrogen-bond donors (Lipinski definition) is 2. The topological polar surface area (TPSA) is 75.1 Å². The molecular weight excluding hydrogens is 316 g/mol. The number of nitrogens with zero attached hydrogens (tertiary/aromatic N) is 4. The van der Waals surface area contributed by atoms with Gasteiger partial charge in [-0.2, -0.15) is 0 Å². The number of nitrogens with one attached hydrogen (secondary N) is 2. The zero-order valence-corrected chi connectivity index (χ0v) is 14.7. The summed E-state index contributed by atoms with van der Waals surface area (Å²) in [6, 6.07) is 3.88. The monoisotopic (exact) mass is 342 g/mol. The van der Waals surface area contributed by atoms with Crippen LogP contribution < -0.4 is 15.5 Å². The van der Waals surface area contributed by atoms with E-state index < -0.39 is 0 Å². The fourth-order valence-electron chi connectivity index (χ4n) is 3.08. The first-order valence-corrected chi connectivity index (χ1v) is 8.91. The van der Waals surface area contributed by atoms with Crippen LogP contribution in [-0.2, 0) is 13.1 Å². The minimum atomic E-state index is -0.163. The van der Waals surface area contributed by atoms with Crippen LogP contribution >= 0.6 is 0 Å². The van der Waals surface area contributed by atoms with E-state index >= 15 is 0 Å².